The van der Waals surface area contributed by atoms with Crippen molar-refractivity contribution in [1.29, 1.82) is 0 Å². The average molecular weight is 468 g/mol. The van der Waals surface area contributed by atoms with Crippen LogP contribution in [0, 0.1) is 19.7 Å². The van der Waals surface area contributed by atoms with E-state index >= 15 is 0 Å². The van der Waals surface area contributed by atoms with Gasteiger partial charge in [-0.2, -0.15) is 4.98 Å². The minimum atomic E-state index is -0.367. The highest BCUT2D eigenvalue weighted by Gasteiger charge is 2.14. The van der Waals surface area contributed by atoms with Crippen molar-refractivity contribution in [2.75, 3.05) is 5.32 Å². The van der Waals surface area contributed by atoms with Crippen molar-refractivity contribution >= 4 is 11.6 Å². The summed E-state index contributed by atoms with van der Waals surface area (Å²) in [6.07, 6.45) is 3.48. The Morgan fingerprint density at radius 2 is 1.86 bits per heavy atom. The summed E-state index contributed by atoms with van der Waals surface area (Å²) in [6, 6.07) is 19.3. The number of amides is 1. The quantitative estimate of drug-likeness (QED) is 0.348. The maximum Gasteiger partial charge on any atom is 0.278 e. The van der Waals surface area contributed by atoms with Crippen LogP contribution in [0.3, 0.4) is 0 Å². The van der Waals surface area contributed by atoms with E-state index in [1.54, 1.807) is 24.7 Å². The molecule has 5 rings (SSSR count). The van der Waals surface area contributed by atoms with Gasteiger partial charge >= 0.3 is 0 Å². The highest BCUT2D eigenvalue weighted by molar-refractivity contribution is 6.04. The van der Waals surface area contributed by atoms with Gasteiger partial charge in [-0.05, 0) is 66.9 Å². The van der Waals surface area contributed by atoms with Crippen LogP contribution in [0.2, 0.25) is 0 Å². The Hall–Kier alpha value is -4.59. The number of nitrogens with one attached hydrogen (secondary N) is 1. The predicted molar refractivity (Wildman–Crippen MR) is 130 cm³/mol. The van der Waals surface area contributed by atoms with Gasteiger partial charge in [0.15, 0.2) is 0 Å². The van der Waals surface area contributed by atoms with Gasteiger partial charge in [-0.25, -0.2) is 9.37 Å². The normalized spacial score (nSPS) is 10.9. The number of hydrogen-bond acceptors (Lipinski definition) is 5. The molecule has 0 atom stereocenters. The number of aryl methyl sites for hydroxylation is 2. The molecule has 2 aromatic heterocycles. The van der Waals surface area contributed by atoms with Crippen LogP contribution in [0.5, 0.6) is 0 Å². The van der Waals surface area contributed by atoms with Crippen LogP contribution in [0.15, 0.2) is 83.8 Å². The van der Waals surface area contributed by atoms with E-state index in [1.165, 1.54) is 12.1 Å². The highest BCUT2D eigenvalue weighted by Crippen LogP contribution is 2.22. The second kappa shape index (κ2) is 9.34. The summed E-state index contributed by atoms with van der Waals surface area (Å²) in [6.45, 7) is 4.58. The van der Waals surface area contributed by atoms with Crippen molar-refractivity contribution in [3.8, 4) is 23.0 Å². The number of anilines is 1. The second-order valence-corrected chi connectivity index (χ2v) is 8.31. The third-order valence-electron chi connectivity index (χ3n) is 5.71. The maximum atomic E-state index is 13.5. The number of benzene rings is 3. The van der Waals surface area contributed by atoms with Crippen molar-refractivity contribution in [2.24, 2.45) is 0 Å². The topological polar surface area (TPSA) is 85.8 Å². The number of carbonyl (C=O) groups is 1. The number of hydrogen-bond donors (Lipinski definition) is 1. The molecule has 0 saturated carbocycles. The zero-order chi connectivity index (χ0) is 24.4. The second-order valence-electron chi connectivity index (χ2n) is 8.31. The maximum absolute atomic E-state index is 13.5. The molecule has 0 fully saturated rings. The predicted octanol–water partition coefficient (Wildman–Crippen LogP) is 5.66. The summed E-state index contributed by atoms with van der Waals surface area (Å²) >= 11 is 0. The number of halogens is 1. The first kappa shape index (κ1) is 22.2. The molecule has 0 bridgehead atoms. The van der Waals surface area contributed by atoms with Crippen LogP contribution in [-0.2, 0) is 6.54 Å². The van der Waals surface area contributed by atoms with E-state index in [-0.39, 0.29) is 17.6 Å². The fourth-order valence-corrected chi connectivity index (χ4v) is 3.62. The SMILES string of the molecule is Cc1ccc(C(=O)Nc2ccc(Cn3cnc(-c4nc(-c5cccc(F)c5)no4)c3)cc2)cc1C. The summed E-state index contributed by atoms with van der Waals surface area (Å²) in [5.74, 6) is 0.0473. The van der Waals surface area contributed by atoms with Crippen LogP contribution < -0.4 is 5.32 Å². The molecule has 0 aliphatic heterocycles. The van der Waals surface area contributed by atoms with Crippen LogP contribution in [0.25, 0.3) is 23.0 Å². The third kappa shape index (κ3) is 5.01. The molecule has 8 heteroatoms. The van der Waals surface area contributed by atoms with Gasteiger partial charge < -0.3 is 14.4 Å². The molecule has 0 aliphatic rings. The Morgan fingerprint density at radius 3 is 2.63 bits per heavy atom. The molecule has 1 amide bonds. The molecular weight excluding hydrogens is 445 g/mol. The third-order valence-corrected chi connectivity index (χ3v) is 5.71. The monoisotopic (exact) mass is 467 g/mol. The molecule has 7 nitrogen and oxygen atoms in total. The van der Waals surface area contributed by atoms with Gasteiger partial charge in [-0.3, -0.25) is 4.79 Å². The van der Waals surface area contributed by atoms with Crippen molar-refractivity contribution in [2.45, 2.75) is 20.4 Å². The molecule has 5 aromatic rings. The summed E-state index contributed by atoms with van der Waals surface area (Å²) < 4.78 is 20.7. The lowest BCUT2D eigenvalue weighted by molar-refractivity contribution is 0.102. The van der Waals surface area contributed by atoms with E-state index in [0.29, 0.717) is 29.2 Å². The molecule has 2 heterocycles. The number of nitrogens with zero attached hydrogens (tertiary/aromatic N) is 4. The average Bonchev–Trinajstić information content (AvgIpc) is 3.52. The first-order chi connectivity index (χ1) is 16.9. The fraction of sp³-hybridized carbons (Fsp3) is 0.111. The van der Waals surface area contributed by atoms with Gasteiger partial charge in [0.25, 0.3) is 11.8 Å². The molecule has 0 radical (unpaired) electrons. The van der Waals surface area contributed by atoms with E-state index in [2.05, 4.69) is 20.4 Å². The van der Waals surface area contributed by atoms with E-state index in [1.807, 2.05) is 60.9 Å². The molecule has 0 saturated heterocycles. The molecule has 0 aliphatic carbocycles. The van der Waals surface area contributed by atoms with Crippen molar-refractivity contribution < 1.29 is 13.7 Å². The Labute approximate surface area is 201 Å². The lowest BCUT2D eigenvalue weighted by Gasteiger charge is -2.08. The fourth-order valence-electron chi connectivity index (χ4n) is 3.62. The molecule has 1 N–H and O–H groups in total. The smallest absolute Gasteiger partial charge is 0.278 e. The number of imidazole rings is 1. The van der Waals surface area contributed by atoms with Gasteiger partial charge in [0.2, 0.25) is 5.82 Å². The zero-order valence-electron chi connectivity index (χ0n) is 19.2. The zero-order valence-corrected chi connectivity index (χ0v) is 19.2. The lowest BCUT2D eigenvalue weighted by Crippen LogP contribution is -2.12. The molecule has 35 heavy (non-hydrogen) atoms. The van der Waals surface area contributed by atoms with Crippen molar-refractivity contribution in [1.82, 2.24) is 19.7 Å². The molecule has 3 aromatic carbocycles. The Balaban J connectivity index is 1.23. The van der Waals surface area contributed by atoms with E-state index in [9.17, 15) is 9.18 Å². The van der Waals surface area contributed by atoms with Crippen molar-refractivity contribution in [3.63, 3.8) is 0 Å². The standard InChI is InChI=1S/C27H22FN5O2/c1-17-6-9-21(12-18(17)2)26(34)30-23-10-7-19(8-11-23)14-33-15-24(29-16-33)27-31-25(32-35-27)20-4-3-5-22(28)13-20/h3-13,15-16H,14H2,1-2H3,(H,30,34). The Kier molecular flexibility index (Phi) is 5.93. The van der Waals surface area contributed by atoms with E-state index < -0.39 is 0 Å². The van der Waals surface area contributed by atoms with Crippen LogP contribution in [0.1, 0.15) is 27.0 Å². The van der Waals surface area contributed by atoms with E-state index in [0.717, 1.165) is 22.4 Å². The summed E-state index contributed by atoms with van der Waals surface area (Å²) in [4.78, 5) is 21.2. The Morgan fingerprint density at radius 1 is 1.03 bits per heavy atom. The Bertz CT molecular complexity index is 1500. The highest BCUT2D eigenvalue weighted by atomic mass is 19.1. The molecular formula is C27H22FN5O2. The first-order valence-electron chi connectivity index (χ1n) is 11.0. The van der Waals surface area contributed by atoms with E-state index in [4.69, 9.17) is 4.52 Å². The molecule has 0 unspecified atom stereocenters. The van der Waals surface area contributed by atoms with Gasteiger partial charge in [0, 0.05) is 29.6 Å². The van der Waals surface area contributed by atoms with Crippen LogP contribution in [0.4, 0.5) is 10.1 Å². The minimum Gasteiger partial charge on any atom is -0.332 e. The summed E-state index contributed by atoms with van der Waals surface area (Å²) in [5, 5.41) is 6.86. The molecule has 0 spiro atoms. The summed E-state index contributed by atoms with van der Waals surface area (Å²) in [5.41, 5.74) is 5.67. The number of aromatic nitrogens is 4. The lowest BCUT2D eigenvalue weighted by atomic mass is 10.1. The minimum absolute atomic E-state index is 0.141. The van der Waals surface area contributed by atoms with Crippen LogP contribution >= 0.6 is 0 Å². The van der Waals surface area contributed by atoms with Crippen molar-refractivity contribution in [3.05, 3.63) is 107 Å². The first-order valence-corrected chi connectivity index (χ1v) is 11.0. The van der Waals surface area contributed by atoms with Gasteiger partial charge in [0.05, 0.1) is 6.33 Å². The van der Waals surface area contributed by atoms with Crippen LogP contribution in [-0.4, -0.2) is 25.6 Å². The van der Waals surface area contributed by atoms with Gasteiger partial charge in [0.1, 0.15) is 11.5 Å². The number of rotatable bonds is 6. The largest absolute Gasteiger partial charge is 0.332 e. The van der Waals surface area contributed by atoms with Gasteiger partial charge in [-0.15, -0.1) is 0 Å². The summed E-state index contributed by atoms with van der Waals surface area (Å²) in [7, 11) is 0. The molecule has 174 valence electrons. The van der Waals surface area contributed by atoms with Gasteiger partial charge in [-0.1, -0.05) is 35.5 Å². The number of carbonyl (C=O) groups excluding carboxylic acids is 1.